The van der Waals surface area contributed by atoms with E-state index in [-0.39, 0.29) is 11.8 Å². The lowest BCUT2D eigenvalue weighted by Gasteiger charge is -2.18. The summed E-state index contributed by atoms with van der Waals surface area (Å²) < 4.78 is 0. The maximum atomic E-state index is 12.6. The van der Waals surface area contributed by atoms with Gasteiger partial charge in [-0.1, -0.05) is 6.07 Å². The monoisotopic (exact) mass is 328 g/mol. The third kappa shape index (κ3) is 3.15. The zero-order valence-corrected chi connectivity index (χ0v) is 14.4. The lowest BCUT2D eigenvalue weighted by Crippen LogP contribution is -2.41. The third-order valence-corrected chi connectivity index (χ3v) is 5.28. The van der Waals surface area contributed by atoms with E-state index in [0.717, 1.165) is 16.1 Å². The quantitative estimate of drug-likeness (QED) is 0.940. The molecule has 3 rings (SSSR count). The number of thiophene rings is 1. The number of hydrogen-bond acceptors (Lipinski definition) is 3. The van der Waals surface area contributed by atoms with Gasteiger partial charge >= 0.3 is 0 Å². The molecular formula is C18H20N2O2S. The molecule has 23 heavy (non-hydrogen) atoms. The number of carbonyl (C=O) groups is 2. The average Bonchev–Trinajstić information content (AvgIpc) is 3.09. The molecule has 0 spiro atoms. The van der Waals surface area contributed by atoms with Gasteiger partial charge in [0.1, 0.15) is 6.04 Å². The summed E-state index contributed by atoms with van der Waals surface area (Å²) in [5.41, 5.74) is 3.27. The molecule has 5 heteroatoms. The summed E-state index contributed by atoms with van der Waals surface area (Å²) in [4.78, 5) is 28.3. The summed E-state index contributed by atoms with van der Waals surface area (Å²) in [5.74, 6) is -0.196. The normalized spacial score (nSPS) is 17.6. The minimum atomic E-state index is -0.438. The Morgan fingerprint density at radius 3 is 2.61 bits per heavy atom. The van der Waals surface area contributed by atoms with Crippen molar-refractivity contribution >= 4 is 28.8 Å². The molecule has 1 aliphatic heterocycles. The summed E-state index contributed by atoms with van der Waals surface area (Å²) in [6, 6.07) is 9.30. The van der Waals surface area contributed by atoms with E-state index in [2.05, 4.69) is 12.2 Å². The SMILES string of the molecule is Cc1ccc(C(=O)N[C@H]2CCN(c3ccc(C)c(C)c3)C2=O)s1. The highest BCUT2D eigenvalue weighted by Gasteiger charge is 2.34. The Kier molecular flexibility index (Phi) is 4.22. The van der Waals surface area contributed by atoms with Crippen molar-refractivity contribution in [1.29, 1.82) is 0 Å². The first kappa shape index (κ1) is 15.7. The molecule has 120 valence electrons. The molecule has 0 saturated carbocycles. The summed E-state index contributed by atoms with van der Waals surface area (Å²) in [6.07, 6.45) is 0.641. The Hall–Kier alpha value is -2.14. The van der Waals surface area contributed by atoms with Gasteiger partial charge in [0.25, 0.3) is 5.91 Å². The molecule has 1 fully saturated rings. The molecular weight excluding hydrogens is 308 g/mol. The van der Waals surface area contributed by atoms with E-state index in [0.29, 0.717) is 17.8 Å². The van der Waals surface area contributed by atoms with Gasteiger partial charge in [0.2, 0.25) is 5.91 Å². The number of rotatable bonds is 3. The van der Waals surface area contributed by atoms with Gasteiger partial charge in [0.05, 0.1) is 4.88 Å². The number of anilines is 1. The first-order valence-electron chi connectivity index (χ1n) is 7.71. The summed E-state index contributed by atoms with van der Waals surface area (Å²) in [6.45, 7) is 6.69. The van der Waals surface area contributed by atoms with E-state index in [9.17, 15) is 9.59 Å². The van der Waals surface area contributed by atoms with Crippen molar-refractivity contribution in [2.24, 2.45) is 0 Å². The second kappa shape index (κ2) is 6.16. The van der Waals surface area contributed by atoms with E-state index in [1.165, 1.54) is 16.9 Å². The number of amides is 2. The standard InChI is InChI=1S/C18H20N2O2S/c1-11-4-6-14(10-12(11)2)20-9-8-15(18(20)22)19-17(21)16-7-5-13(3)23-16/h4-7,10,15H,8-9H2,1-3H3,(H,19,21)/t15-/m0/s1. The molecule has 2 amide bonds. The zero-order valence-electron chi connectivity index (χ0n) is 13.6. The van der Waals surface area contributed by atoms with E-state index < -0.39 is 6.04 Å². The van der Waals surface area contributed by atoms with Crippen LogP contribution in [0.2, 0.25) is 0 Å². The molecule has 0 radical (unpaired) electrons. The molecule has 1 aliphatic rings. The van der Waals surface area contributed by atoms with Crippen LogP contribution in [0, 0.1) is 20.8 Å². The van der Waals surface area contributed by atoms with Crippen molar-refractivity contribution in [3.8, 4) is 0 Å². The smallest absolute Gasteiger partial charge is 0.262 e. The number of benzene rings is 1. The van der Waals surface area contributed by atoms with Gasteiger partial charge in [0, 0.05) is 17.1 Å². The summed E-state index contributed by atoms with van der Waals surface area (Å²) >= 11 is 1.44. The summed E-state index contributed by atoms with van der Waals surface area (Å²) in [7, 11) is 0. The van der Waals surface area contributed by atoms with Crippen molar-refractivity contribution < 1.29 is 9.59 Å². The Bertz CT molecular complexity index is 766. The molecule has 1 atom stereocenters. The lowest BCUT2D eigenvalue weighted by molar-refractivity contribution is -0.118. The largest absolute Gasteiger partial charge is 0.339 e. The molecule has 1 saturated heterocycles. The second-order valence-corrected chi connectivity index (χ2v) is 7.27. The van der Waals surface area contributed by atoms with Crippen LogP contribution in [0.25, 0.3) is 0 Å². The number of nitrogens with one attached hydrogen (secondary N) is 1. The van der Waals surface area contributed by atoms with Crippen LogP contribution in [-0.4, -0.2) is 24.4 Å². The maximum absolute atomic E-state index is 12.6. The molecule has 0 unspecified atom stereocenters. The molecule has 0 bridgehead atoms. The van der Waals surface area contributed by atoms with Crippen LogP contribution in [0.3, 0.4) is 0 Å². The van der Waals surface area contributed by atoms with Crippen LogP contribution in [0.4, 0.5) is 5.69 Å². The predicted octanol–water partition coefficient (Wildman–Crippen LogP) is 3.21. The van der Waals surface area contributed by atoms with Gasteiger partial charge in [-0.15, -0.1) is 11.3 Å². The highest BCUT2D eigenvalue weighted by molar-refractivity contribution is 7.13. The van der Waals surface area contributed by atoms with E-state index >= 15 is 0 Å². The van der Waals surface area contributed by atoms with Crippen molar-refractivity contribution in [1.82, 2.24) is 5.32 Å². The third-order valence-electron chi connectivity index (χ3n) is 4.28. The van der Waals surface area contributed by atoms with Crippen molar-refractivity contribution in [3.05, 3.63) is 51.2 Å². The number of nitrogens with zero attached hydrogens (tertiary/aromatic N) is 1. The van der Waals surface area contributed by atoms with E-state index in [4.69, 9.17) is 0 Å². The van der Waals surface area contributed by atoms with Crippen molar-refractivity contribution in [2.45, 2.75) is 33.2 Å². The molecule has 2 aromatic rings. The molecule has 1 N–H and O–H groups in total. The van der Waals surface area contributed by atoms with E-state index in [1.54, 1.807) is 11.0 Å². The highest BCUT2D eigenvalue weighted by Crippen LogP contribution is 2.24. The van der Waals surface area contributed by atoms with Crippen LogP contribution < -0.4 is 10.2 Å². The Morgan fingerprint density at radius 2 is 1.96 bits per heavy atom. The van der Waals surface area contributed by atoms with Crippen LogP contribution in [0.1, 0.15) is 32.1 Å². The zero-order chi connectivity index (χ0) is 16.6. The highest BCUT2D eigenvalue weighted by atomic mass is 32.1. The van der Waals surface area contributed by atoms with Gasteiger partial charge in [-0.25, -0.2) is 0 Å². The molecule has 1 aromatic carbocycles. The Morgan fingerprint density at radius 1 is 1.17 bits per heavy atom. The molecule has 4 nitrogen and oxygen atoms in total. The fraction of sp³-hybridized carbons (Fsp3) is 0.333. The number of carbonyl (C=O) groups excluding carboxylic acids is 2. The van der Waals surface area contributed by atoms with Crippen molar-refractivity contribution in [2.75, 3.05) is 11.4 Å². The lowest BCUT2D eigenvalue weighted by atomic mass is 10.1. The van der Waals surface area contributed by atoms with Gasteiger partial charge in [0.15, 0.2) is 0 Å². The Labute approximate surface area is 140 Å². The van der Waals surface area contributed by atoms with Gasteiger partial charge in [-0.3, -0.25) is 9.59 Å². The average molecular weight is 328 g/mol. The molecule has 2 heterocycles. The van der Waals surface area contributed by atoms with Crippen LogP contribution in [0.5, 0.6) is 0 Å². The maximum Gasteiger partial charge on any atom is 0.262 e. The fourth-order valence-corrected chi connectivity index (χ4v) is 3.52. The predicted molar refractivity (Wildman–Crippen MR) is 93.2 cm³/mol. The molecule has 0 aliphatic carbocycles. The fourth-order valence-electron chi connectivity index (χ4n) is 2.75. The van der Waals surface area contributed by atoms with Gasteiger partial charge < -0.3 is 10.2 Å². The number of hydrogen-bond donors (Lipinski definition) is 1. The van der Waals surface area contributed by atoms with Gasteiger partial charge in [-0.05, 0) is 62.6 Å². The van der Waals surface area contributed by atoms with Crippen LogP contribution in [-0.2, 0) is 4.79 Å². The first-order chi connectivity index (χ1) is 11.0. The summed E-state index contributed by atoms with van der Waals surface area (Å²) in [5, 5.41) is 2.86. The van der Waals surface area contributed by atoms with Crippen LogP contribution >= 0.6 is 11.3 Å². The minimum Gasteiger partial charge on any atom is -0.339 e. The first-order valence-corrected chi connectivity index (χ1v) is 8.53. The topological polar surface area (TPSA) is 49.4 Å². The Balaban J connectivity index is 1.71. The minimum absolute atomic E-state index is 0.0325. The van der Waals surface area contributed by atoms with Gasteiger partial charge in [-0.2, -0.15) is 0 Å². The number of aryl methyl sites for hydroxylation is 3. The van der Waals surface area contributed by atoms with Crippen molar-refractivity contribution in [3.63, 3.8) is 0 Å². The molecule has 1 aromatic heterocycles. The van der Waals surface area contributed by atoms with E-state index in [1.807, 2.05) is 38.1 Å². The second-order valence-electron chi connectivity index (χ2n) is 5.98. The van der Waals surface area contributed by atoms with Crippen LogP contribution in [0.15, 0.2) is 30.3 Å².